The van der Waals surface area contributed by atoms with E-state index in [0.717, 1.165) is 22.6 Å². The lowest BCUT2D eigenvalue weighted by molar-refractivity contribution is -0.115. The van der Waals surface area contributed by atoms with Crippen LogP contribution >= 0.6 is 11.3 Å². The fourth-order valence-electron chi connectivity index (χ4n) is 2.73. The van der Waals surface area contributed by atoms with Crippen molar-refractivity contribution in [2.75, 3.05) is 12.4 Å². The number of hydrogen-bond donors (Lipinski definition) is 1. The molecule has 0 aliphatic rings. The first-order valence-corrected chi connectivity index (χ1v) is 8.94. The quantitative estimate of drug-likeness (QED) is 0.587. The van der Waals surface area contributed by atoms with Gasteiger partial charge in [0, 0.05) is 10.9 Å². The Balaban J connectivity index is 1.59. The molecule has 2 aromatic carbocycles. The summed E-state index contributed by atoms with van der Waals surface area (Å²) in [6.45, 7) is 0. The highest BCUT2D eigenvalue weighted by atomic mass is 32.1. The van der Waals surface area contributed by atoms with Crippen LogP contribution in [0.3, 0.4) is 0 Å². The van der Waals surface area contributed by atoms with Crippen molar-refractivity contribution in [3.63, 3.8) is 0 Å². The van der Waals surface area contributed by atoms with Crippen molar-refractivity contribution in [2.24, 2.45) is 0 Å². The summed E-state index contributed by atoms with van der Waals surface area (Å²) in [6.07, 6.45) is 0.285. The molecule has 6 nitrogen and oxygen atoms in total. The minimum atomic E-state index is -0.145. The van der Waals surface area contributed by atoms with E-state index in [1.807, 2.05) is 60.0 Å². The average molecular weight is 364 g/mol. The average Bonchev–Trinajstić information content (AvgIpc) is 3.22. The van der Waals surface area contributed by atoms with Gasteiger partial charge in [0.2, 0.25) is 16.8 Å². The van der Waals surface area contributed by atoms with Crippen molar-refractivity contribution >= 4 is 28.2 Å². The van der Waals surface area contributed by atoms with Gasteiger partial charge >= 0.3 is 0 Å². The molecule has 2 aromatic heterocycles. The summed E-state index contributed by atoms with van der Waals surface area (Å²) >= 11 is 1.46. The van der Waals surface area contributed by atoms with Gasteiger partial charge in [0.15, 0.2) is 0 Å². The number of thiazole rings is 1. The summed E-state index contributed by atoms with van der Waals surface area (Å²) in [5, 5.41) is 9.18. The van der Waals surface area contributed by atoms with E-state index in [2.05, 4.69) is 15.4 Å². The molecule has 130 valence electrons. The lowest BCUT2D eigenvalue weighted by atomic mass is 10.1. The molecule has 0 bridgehead atoms. The SMILES string of the molecule is COc1ccccc1-c1csc2nc(NC(=O)Cc3ccccc3)nn12. The summed E-state index contributed by atoms with van der Waals surface area (Å²) in [5.41, 5.74) is 2.74. The van der Waals surface area contributed by atoms with Crippen molar-refractivity contribution in [2.45, 2.75) is 6.42 Å². The van der Waals surface area contributed by atoms with Crippen LogP contribution in [0, 0.1) is 0 Å². The maximum Gasteiger partial charge on any atom is 0.250 e. The van der Waals surface area contributed by atoms with Crippen LogP contribution in [-0.2, 0) is 11.2 Å². The predicted octanol–water partition coefficient (Wildman–Crippen LogP) is 3.65. The molecule has 0 unspecified atom stereocenters. The van der Waals surface area contributed by atoms with Crippen molar-refractivity contribution < 1.29 is 9.53 Å². The predicted molar refractivity (Wildman–Crippen MR) is 102 cm³/mol. The van der Waals surface area contributed by atoms with Gasteiger partial charge < -0.3 is 4.74 Å². The summed E-state index contributed by atoms with van der Waals surface area (Å²) in [6, 6.07) is 17.3. The number of carbonyl (C=O) groups excluding carboxylic acids is 1. The number of anilines is 1. The van der Waals surface area contributed by atoms with E-state index in [4.69, 9.17) is 4.74 Å². The van der Waals surface area contributed by atoms with E-state index in [1.54, 1.807) is 11.6 Å². The van der Waals surface area contributed by atoms with Crippen molar-refractivity contribution in [1.82, 2.24) is 14.6 Å². The molecule has 0 spiro atoms. The van der Waals surface area contributed by atoms with E-state index < -0.39 is 0 Å². The number of amides is 1. The van der Waals surface area contributed by atoms with Crippen LogP contribution < -0.4 is 10.1 Å². The standard InChI is InChI=1S/C19H16N4O2S/c1-25-16-10-6-5-9-14(16)15-12-26-19-21-18(22-23(15)19)20-17(24)11-13-7-3-2-4-8-13/h2-10,12H,11H2,1H3,(H,20,22,24). The zero-order valence-electron chi connectivity index (χ0n) is 14.0. The van der Waals surface area contributed by atoms with Gasteiger partial charge in [-0.05, 0) is 17.7 Å². The van der Waals surface area contributed by atoms with Crippen LogP contribution in [0.15, 0.2) is 60.0 Å². The summed E-state index contributed by atoms with van der Waals surface area (Å²) in [5.74, 6) is 0.916. The zero-order valence-corrected chi connectivity index (χ0v) is 14.9. The normalized spacial score (nSPS) is 10.8. The fraction of sp³-hybridized carbons (Fsp3) is 0.105. The number of nitrogens with one attached hydrogen (secondary N) is 1. The number of benzene rings is 2. The van der Waals surface area contributed by atoms with Gasteiger partial charge in [-0.25, -0.2) is 4.52 Å². The molecule has 1 N–H and O–H groups in total. The zero-order chi connectivity index (χ0) is 17.9. The highest BCUT2D eigenvalue weighted by Crippen LogP contribution is 2.32. The molecule has 0 fully saturated rings. The molecule has 26 heavy (non-hydrogen) atoms. The third-order valence-electron chi connectivity index (χ3n) is 3.92. The van der Waals surface area contributed by atoms with Crippen molar-refractivity contribution in [3.05, 3.63) is 65.5 Å². The number of para-hydroxylation sites is 1. The Hall–Kier alpha value is -3.19. The molecular weight excluding hydrogens is 348 g/mol. The molecule has 0 atom stereocenters. The Labute approximate surface area is 154 Å². The Morgan fingerprint density at radius 3 is 2.73 bits per heavy atom. The van der Waals surface area contributed by atoms with Gasteiger partial charge in [0.1, 0.15) is 5.75 Å². The largest absolute Gasteiger partial charge is 0.496 e. The Bertz CT molecular complexity index is 1060. The first-order chi connectivity index (χ1) is 12.7. The second kappa shape index (κ2) is 6.97. The first kappa shape index (κ1) is 16.3. The van der Waals surface area contributed by atoms with E-state index in [0.29, 0.717) is 10.9 Å². The minimum absolute atomic E-state index is 0.145. The lowest BCUT2D eigenvalue weighted by Crippen LogP contribution is -2.15. The first-order valence-electron chi connectivity index (χ1n) is 8.06. The number of nitrogens with zero attached hydrogens (tertiary/aromatic N) is 3. The summed E-state index contributed by atoms with van der Waals surface area (Å²) < 4.78 is 7.15. The number of methoxy groups -OCH3 is 1. The van der Waals surface area contributed by atoms with E-state index >= 15 is 0 Å². The van der Waals surface area contributed by atoms with Gasteiger partial charge in [-0.15, -0.1) is 16.4 Å². The topological polar surface area (TPSA) is 68.5 Å². The molecule has 4 rings (SSSR count). The number of ether oxygens (including phenoxy) is 1. The maximum atomic E-state index is 12.2. The van der Waals surface area contributed by atoms with Crippen LogP contribution in [0.1, 0.15) is 5.56 Å². The van der Waals surface area contributed by atoms with Crippen molar-refractivity contribution in [1.29, 1.82) is 0 Å². The van der Waals surface area contributed by atoms with Gasteiger partial charge in [-0.3, -0.25) is 10.1 Å². The van der Waals surface area contributed by atoms with Crippen LogP contribution in [-0.4, -0.2) is 27.6 Å². The van der Waals surface area contributed by atoms with Crippen LogP contribution in [0.25, 0.3) is 16.2 Å². The molecule has 4 aromatic rings. The van der Waals surface area contributed by atoms with Gasteiger partial charge in [-0.2, -0.15) is 4.98 Å². The molecule has 2 heterocycles. The molecule has 0 saturated heterocycles. The maximum absolute atomic E-state index is 12.2. The molecule has 7 heteroatoms. The molecule has 0 aliphatic carbocycles. The second-order valence-electron chi connectivity index (χ2n) is 5.66. The van der Waals surface area contributed by atoms with Gasteiger partial charge in [0.25, 0.3) is 0 Å². The Kier molecular flexibility index (Phi) is 4.37. The smallest absolute Gasteiger partial charge is 0.250 e. The highest BCUT2D eigenvalue weighted by molar-refractivity contribution is 7.15. The van der Waals surface area contributed by atoms with Gasteiger partial charge in [-0.1, -0.05) is 42.5 Å². The Morgan fingerprint density at radius 1 is 1.15 bits per heavy atom. The minimum Gasteiger partial charge on any atom is -0.496 e. The molecule has 1 amide bonds. The van der Waals surface area contributed by atoms with Crippen LogP contribution in [0.4, 0.5) is 5.95 Å². The number of fused-ring (bicyclic) bond motifs is 1. The molecule has 0 radical (unpaired) electrons. The second-order valence-corrected chi connectivity index (χ2v) is 6.50. The number of aromatic nitrogens is 3. The fourth-order valence-corrected chi connectivity index (χ4v) is 3.55. The third-order valence-corrected chi connectivity index (χ3v) is 4.74. The van der Waals surface area contributed by atoms with E-state index in [9.17, 15) is 4.79 Å². The summed E-state index contributed by atoms with van der Waals surface area (Å²) in [7, 11) is 1.64. The van der Waals surface area contributed by atoms with Gasteiger partial charge in [0.05, 0.1) is 19.2 Å². The highest BCUT2D eigenvalue weighted by Gasteiger charge is 2.15. The molecular formula is C19H16N4O2S. The number of hydrogen-bond acceptors (Lipinski definition) is 5. The van der Waals surface area contributed by atoms with E-state index in [1.165, 1.54) is 11.3 Å². The number of carbonyl (C=O) groups is 1. The molecule has 0 saturated carbocycles. The van der Waals surface area contributed by atoms with E-state index in [-0.39, 0.29) is 12.3 Å². The lowest BCUT2D eigenvalue weighted by Gasteiger charge is -2.06. The monoisotopic (exact) mass is 364 g/mol. The third kappa shape index (κ3) is 3.16. The Morgan fingerprint density at radius 2 is 1.92 bits per heavy atom. The van der Waals surface area contributed by atoms with Crippen LogP contribution in [0.2, 0.25) is 0 Å². The number of rotatable bonds is 5. The van der Waals surface area contributed by atoms with Crippen LogP contribution in [0.5, 0.6) is 5.75 Å². The molecule has 0 aliphatic heterocycles. The van der Waals surface area contributed by atoms with Crippen molar-refractivity contribution in [3.8, 4) is 17.0 Å². The summed E-state index contributed by atoms with van der Waals surface area (Å²) in [4.78, 5) is 17.3.